The number of methoxy groups -OCH3 is 1. The van der Waals surface area contributed by atoms with Crippen LogP contribution in [0.2, 0.25) is 0 Å². The van der Waals surface area contributed by atoms with Crippen LogP contribution in [-0.4, -0.2) is 25.3 Å². The maximum atomic E-state index is 6.08. The molecule has 1 aliphatic rings. The van der Waals surface area contributed by atoms with E-state index in [-0.39, 0.29) is 5.60 Å². The number of rotatable bonds is 6. The van der Waals surface area contributed by atoms with E-state index < -0.39 is 0 Å². The van der Waals surface area contributed by atoms with Crippen molar-refractivity contribution >= 4 is 27.3 Å². The third kappa shape index (κ3) is 4.06. The SMILES string of the molecule is CCNC(Cc1cc(Br)cs1)C1(OC)CCCCCC1. The van der Waals surface area contributed by atoms with Crippen molar-refractivity contribution in [1.29, 1.82) is 0 Å². The molecular formula is C16H26BrNOS. The first-order valence-corrected chi connectivity index (χ1v) is 9.39. The number of thiophene rings is 1. The minimum absolute atomic E-state index is 0.0168. The van der Waals surface area contributed by atoms with Gasteiger partial charge in [0.15, 0.2) is 0 Å². The molecule has 0 spiro atoms. The Morgan fingerprint density at radius 3 is 2.55 bits per heavy atom. The van der Waals surface area contributed by atoms with E-state index in [1.54, 1.807) is 0 Å². The van der Waals surface area contributed by atoms with Gasteiger partial charge in [-0.1, -0.05) is 32.6 Å². The number of halogens is 1. The van der Waals surface area contributed by atoms with Crippen molar-refractivity contribution < 1.29 is 4.74 Å². The third-order valence-corrected chi connectivity index (χ3v) is 6.19. The summed E-state index contributed by atoms with van der Waals surface area (Å²) in [4.78, 5) is 1.43. The Labute approximate surface area is 135 Å². The van der Waals surface area contributed by atoms with Gasteiger partial charge in [-0.15, -0.1) is 11.3 Å². The van der Waals surface area contributed by atoms with Crippen LogP contribution >= 0.6 is 27.3 Å². The van der Waals surface area contributed by atoms with Gasteiger partial charge in [0.05, 0.1) is 5.60 Å². The first kappa shape index (κ1) is 16.5. The second kappa shape index (κ2) is 7.92. The average molecular weight is 360 g/mol. The lowest BCUT2D eigenvalue weighted by Crippen LogP contribution is -2.53. The summed E-state index contributed by atoms with van der Waals surface area (Å²) in [6.07, 6.45) is 8.75. The topological polar surface area (TPSA) is 21.3 Å². The molecule has 0 amide bonds. The zero-order valence-corrected chi connectivity index (χ0v) is 15.0. The Morgan fingerprint density at radius 2 is 2.05 bits per heavy atom. The van der Waals surface area contributed by atoms with Gasteiger partial charge >= 0.3 is 0 Å². The molecule has 1 N–H and O–H groups in total. The standard InChI is InChI=1S/C16H26BrNOS/c1-3-18-15(11-14-10-13(17)12-20-14)16(19-2)8-6-4-5-7-9-16/h10,12,15,18H,3-9,11H2,1-2H3. The van der Waals surface area contributed by atoms with E-state index in [0.717, 1.165) is 13.0 Å². The molecule has 2 rings (SSSR count). The smallest absolute Gasteiger partial charge is 0.0834 e. The summed E-state index contributed by atoms with van der Waals surface area (Å²) in [7, 11) is 1.90. The third-order valence-electron chi connectivity index (χ3n) is 4.47. The fourth-order valence-electron chi connectivity index (χ4n) is 3.37. The molecule has 1 aromatic rings. The Bertz CT molecular complexity index is 399. The fraction of sp³-hybridized carbons (Fsp3) is 0.750. The maximum absolute atomic E-state index is 6.08. The summed E-state index contributed by atoms with van der Waals surface area (Å²) in [5.74, 6) is 0. The van der Waals surface area contributed by atoms with Gasteiger partial charge in [-0.3, -0.25) is 0 Å². The van der Waals surface area contributed by atoms with Crippen molar-refractivity contribution in [3.8, 4) is 0 Å². The Balaban J connectivity index is 2.15. The lowest BCUT2D eigenvalue weighted by atomic mass is 9.84. The van der Waals surface area contributed by atoms with Crippen molar-refractivity contribution in [1.82, 2.24) is 5.32 Å². The van der Waals surface area contributed by atoms with Gasteiger partial charge in [0.2, 0.25) is 0 Å². The molecule has 1 unspecified atom stereocenters. The molecule has 4 heteroatoms. The highest BCUT2D eigenvalue weighted by Gasteiger charge is 2.38. The van der Waals surface area contributed by atoms with Gasteiger partial charge in [0.1, 0.15) is 0 Å². The molecule has 1 atom stereocenters. The van der Waals surface area contributed by atoms with Crippen LogP contribution in [0, 0.1) is 0 Å². The van der Waals surface area contributed by atoms with Crippen molar-refractivity contribution in [2.24, 2.45) is 0 Å². The normalized spacial score (nSPS) is 20.6. The van der Waals surface area contributed by atoms with Crippen LogP contribution in [0.15, 0.2) is 15.9 Å². The minimum Gasteiger partial charge on any atom is -0.377 e. The van der Waals surface area contributed by atoms with Crippen molar-refractivity contribution in [3.63, 3.8) is 0 Å². The lowest BCUT2D eigenvalue weighted by Gasteiger charge is -2.39. The molecule has 0 saturated heterocycles. The van der Waals surface area contributed by atoms with E-state index in [9.17, 15) is 0 Å². The quantitative estimate of drug-likeness (QED) is 0.738. The van der Waals surface area contributed by atoms with E-state index in [4.69, 9.17) is 4.74 Å². The minimum atomic E-state index is 0.0168. The summed E-state index contributed by atoms with van der Waals surface area (Å²) in [6, 6.07) is 2.66. The molecule has 1 heterocycles. The molecule has 1 aliphatic carbocycles. The molecule has 1 fully saturated rings. The van der Waals surface area contributed by atoms with Crippen LogP contribution in [-0.2, 0) is 11.2 Å². The van der Waals surface area contributed by atoms with Gasteiger partial charge in [-0.2, -0.15) is 0 Å². The molecule has 1 aromatic heterocycles. The van der Waals surface area contributed by atoms with E-state index in [2.05, 4.69) is 39.6 Å². The first-order valence-electron chi connectivity index (χ1n) is 7.71. The second-order valence-electron chi connectivity index (χ2n) is 5.73. The predicted molar refractivity (Wildman–Crippen MR) is 90.6 cm³/mol. The molecule has 0 aromatic carbocycles. The molecule has 0 aliphatic heterocycles. The fourth-order valence-corrected chi connectivity index (χ4v) is 4.87. The Morgan fingerprint density at radius 1 is 1.35 bits per heavy atom. The van der Waals surface area contributed by atoms with Crippen LogP contribution in [0.3, 0.4) is 0 Å². The highest BCUT2D eigenvalue weighted by atomic mass is 79.9. The molecular weight excluding hydrogens is 334 g/mol. The van der Waals surface area contributed by atoms with Gasteiger partial charge in [-0.25, -0.2) is 0 Å². The van der Waals surface area contributed by atoms with Gasteiger partial charge < -0.3 is 10.1 Å². The van der Waals surface area contributed by atoms with E-state index in [0.29, 0.717) is 6.04 Å². The number of nitrogens with one attached hydrogen (secondary N) is 1. The van der Waals surface area contributed by atoms with Crippen molar-refractivity contribution in [2.45, 2.75) is 63.5 Å². The van der Waals surface area contributed by atoms with E-state index >= 15 is 0 Å². The second-order valence-corrected chi connectivity index (χ2v) is 7.64. The highest BCUT2D eigenvalue weighted by Crippen LogP contribution is 2.35. The largest absolute Gasteiger partial charge is 0.377 e. The first-order chi connectivity index (χ1) is 9.70. The molecule has 2 nitrogen and oxygen atoms in total. The van der Waals surface area contributed by atoms with Gasteiger partial charge in [0, 0.05) is 27.9 Å². The predicted octanol–water partition coefficient (Wildman–Crippen LogP) is 4.77. The van der Waals surface area contributed by atoms with Crippen molar-refractivity contribution in [2.75, 3.05) is 13.7 Å². The van der Waals surface area contributed by atoms with Crippen LogP contribution in [0.25, 0.3) is 0 Å². The summed E-state index contributed by atoms with van der Waals surface area (Å²) in [5.41, 5.74) is 0.0168. The Hall–Kier alpha value is 0.1000. The summed E-state index contributed by atoms with van der Waals surface area (Å²) in [6.45, 7) is 3.19. The average Bonchev–Trinajstić information content (AvgIpc) is 2.72. The molecule has 0 radical (unpaired) electrons. The number of hydrogen-bond acceptors (Lipinski definition) is 3. The van der Waals surface area contributed by atoms with E-state index in [1.165, 1.54) is 47.9 Å². The van der Waals surface area contributed by atoms with Gasteiger partial charge in [-0.05, 0) is 47.8 Å². The van der Waals surface area contributed by atoms with Crippen LogP contribution in [0.5, 0.6) is 0 Å². The van der Waals surface area contributed by atoms with Crippen LogP contribution < -0.4 is 5.32 Å². The molecule has 0 bridgehead atoms. The van der Waals surface area contributed by atoms with E-state index in [1.807, 2.05) is 18.4 Å². The lowest BCUT2D eigenvalue weighted by molar-refractivity contribution is -0.0521. The Kier molecular flexibility index (Phi) is 6.53. The van der Waals surface area contributed by atoms with Crippen LogP contribution in [0.1, 0.15) is 50.3 Å². The summed E-state index contributed by atoms with van der Waals surface area (Å²) < 4.78 is 7.28. The van der Waals surface area contributed by atoms with Crippen molar-refractivity contribution in [3.05, 3.63) is 20.8 Å². The summed E-state index contributed by atoms with van der Waals surface area (Å²) >= 11 is 5.40. The molecule has 1 saturated carbocycles. The van der Waals surface area contributed by atoms with Crippen LogP contribution in [0.4, 0.5) is 0 Å². The molecule has 114 valence electrons. The maximum Gasteiger partial charge on any atom is 0.0834 e. The number of ether oxygens (including phenoxy) is 1. The highest BCUT2D eigenvalue weighted by molar-refractivity contribution is 9.10. The molecule has 20 heavy (non-hydrogen) atoms. The number of likely N-dealkylation sites (N-methyl/N-ethyl adjacent to an activating group) is 1. The zero-order chi connectivity index (χ0) is 14.4. The monoisotopic (exact) mass is 359 g/mol. The zero-order valence-electron chi connectivity index (χ0n) is 12.6. The van der Waals surface area contributed by atoms with Gasteiger partial charge in [0.25, 0.3) is 0 Å². The number of hydrogen-bond donors (Lipinski definition) is 1. The summed E-state index contributed by atoms with van der Waals surface area (Å²) in [5, 5.41) is 5.87.